The number of aromatic nitrogens is 1. The van der Waals surface area contributed by atoms with Crippen LogP contribution < -0.4 is 5.32 Å². The third-order valence-electron chi connectivity index (χ3n) is 3.28. The minimum Gasteiger partial charge on any atom is -0.370 e. The highest BCUT2D eigenvalue weighted by Gasteiger charge is 2.11. The van der Waals surface area contributed by atoms with Crippen molar-refractivity contribution < 1.29 is 9.31 Å². The van der Waals surface area contributed by atoms with Crippen LogP contribution in [0.5, 0.6) is 0 Å². The first-order valence-electron chi connectivity index (χ1n) is 6.57. The van der Waals surface area contributed by atoms with Crippen LogP contribution in [0, 0.1) is 29.8 Å². The molecule has 2 rings (SSSR count). The number of nitro groups is 1. The van der Waals surface area contributed by atoms with Crippen LogP contribution >= 0.6 is 0 Å². The first-order chi connectivity index (χ1) is 9.97. The van der Waals surface area contributed by atoms with Gasteiger partial charge in [0.05, 0.1) is 4.92 Å². The van der Waals surface area contributed by atoms with Crippen LogP contribution in [0.2, 0.25) is 0 Å². The fourth-order valence-corrected chi connectivity index (χ4v) is 2.10. The maximum atomic E-state index is 13.0. The lowest BCUT2D eigenvalue weighted by molar-refractivity contribution is -0.385. The van der Waals surface area contributed by atoms with E-state index in [1.165, 1.54) is 18.3 Å². The molecule has 0 aliphatic rings. The molecule has 0 saturated heterocycles. The minimum atomic E-state index is -0.450. The molecule has 0 radical (unpaired) electrons. The number of hydrogen-bond acceptors (Lipinski definition) is 4. The maximum absolute atomic E-state index is 13.0. The number of benzene rings is 1. The molecule has 1 heterocycles. The first kappa shape index (κ1) is 14.9. The van der Waals surface area contributed by atoms with E-state index in [1.807, 2.05) is 6.92 Å². The highest BCUT2D eigenvalue weighted by Crippen LogP contribution is 2.19. The van der Waals surface area contributed by atoms with Gasteiger partial charge in [-0.15, -0.1) is 0 Å². The summed E-state index contributed by atoms with van der Waals surface area (Å²) in [7, 11) is 0. The fourth-order valence-electron chi connectivity index (χ4n) is 2.10. The summed E-state index contributed by atoms with van der Waals surface area (Å²) in [4.78, 5) is 14.3. The molecule has 0 unspecified atom stereocenters. The van der Waals surface area contributed by atoms with Crippen molar-refractivity contribution >= 4 is 11.5 Å². The number of pyridine rings is 1. The Morgan fingerprint density at radius 3 is 2.67 bits per heavy atom. The van der Waals surface area contributed by atoms with Crippen molar-refractivity contribution in [3.63, 3.8) is 0 Å². The van der Waals surface area contributed by atoms with Crippen molar-refractivity contribution in [1.82, 2.24) is 4.98 Å². The normalized spacial score (nSPS) is 10.4. The summed E-state index contributed by atoms with van der Waals surface area (Å²) in [6, 6.07) is 6.36. The zero-order chi connectivity index (χ0) is 15.4. The van der Waals surface area contributed by atoms with Gasteiger partial charge in [-0.1, -0.05) is 6.07 Å². The molecule has 6 heteroatoms. The number of rotatable bonds is 5. The van der Waals surface area contributed by atoms with Crippen molar-refractivity contribution in [2.75, 3.05) is 11.9 Å². The highest BCUT2D eigenvalue weighted by molar-refractivity contribution is 5.46. The molecule has 0 atom stereocenters. The minimum absolute atomic E-state index is 0.00919. The largest absolute Gasteiger partial charge is 0.370 e. The Bertz CT molecular complexity index is 674. The second-order valence-corrected chi connectivity index (χ2v) is 4.86. The number of nitrogens with zero attached hydrogens (tertiary/aromatic N) is 2. The molecule has 1 aromatic heterocycles. The van der Waals surface area contributed by atoms with Gasteiger partial charge in [0.15, 0.2) is 0 Å². The zero-order valence-corrected chi connectivity index (χ0v) is 11.9. The van der Waals surface area contributed by atoms with Crippen LogP contribution in [0.3, 0.4) is 0 Å². The van der Waals surface area contributed by atoms with Gasteiger partial charge in [-0.25, -0.2) is 9.37 Å². The van der Waals surface area contributed by atoms with E-state index >= 15 is 0 Å². The standard InChI is InChI=1S/C15H16FN3O2/c1-10-7-13(16)4-3-12(10)5-6-17-15-8-11(2)14(9-18-15)19(20)21/h3-4,7-9H,5-6H2,1-2H3,(H,17,18). The Morgan fingerprint density at radius 1 is 1.29 bits per heavy atom. The average Bonchev–Trinajstić information content (AvgIpc) is 2.41. The Kier molecular flexibility index (Phi) is 4.47. The molecule has 0 aliphatic carbocycles. The van der Waals surface area contributed by atoms with E-state index in [0.29, 0.717) is 17.9 Å². The fraction of sp³-hybridized carbons (Fsp3) is 0.267. The Labute approximate surface area is 122 Å². The van der Waals surface area contributed by atoms with Gasteiger partial charge in [-0.3, -0.25) is 10.1 Å². The van der Waals surface area contributed by atoms with Crippen molar-refractivity contribution in [3.8, 4) is 0 Å². The monoisotopic (exact) mass is 289 g/mol. The average molecular weight is 289 g/mol. The van der Waals surface area contributed by atoms with Crippen LogP contribution in [-0.2, 0) is 6.42 Å². The summed E-state index contributed by atoms with van der Waals surface area (Å²) in [6.07, 6.45) is 1.98. The number of anilines is 1. The molecular weight excluding hydrogens is 273 g/mol. The van der Waals surface area contributed by atoms with E-state index in [4.69, 9.17) is 0 Å². The second kappa shape index (κ2) is 6.30. The lowest BCUT2D eigenvalue weighted by Gasteiger charge is -2.08. The lowest BCUT2D eigenvalue weighted by Crippen LogP contribution is -2.08. The predicted molar refractivity (Wildman–Crippen MR) is 79.0 cm³/mol. The smallest absolute Gasteiger partial charge is 0.290 e. The summed E-state index contributed by atoms with van der Waals surface area (Å²) in [5.41, 5.74) is 2.54. The summed E-state index contributed by atoms with van der Waals surface area (Å²) in [5.74, 6) is 0.356. The molecule has 2 aromatic rings. The van der Waals surface area contributed by atoms with Gasteiger partial charge in [0.2, 0.25) is 0 Å². The van der Waals surface area contributed by atoms with Crippen LogP contribution in [0.1, 0.15) is 16.7 Å². The van der Waals surface area contributed by atoms with Gasteiger partial charge in [0.1, 0.15) is 17.8 Å². The van der Waals surface area contributed by atoms with Crippen molar-refractivity contribution in [3.05, 3.63) is 63.1 Å². The molecule has 0 saturated carbocycles. The van der Waals surface area contributed by atoms with Gasteiger partial charge in [-0.2, -0.15) is 0 Å². The molecule has 21 heavy (non-hydrogen) atoms. The number of nitrogens with one attached hydrogen (secondary N) is 1. The Balaban J connectivity index is 1.97. The van der Waals surface area contributed by atoms with E-state index in [2.05, 4.69) is 10.3 Å². The zero-order valence-electron chi connectivity index (χ0n) is 11.9. The molecule has 0 fully saturated rings. The van der Waals surface area contributed by atoms with Crippen LogP contribution in [0.25, 0.3) is 0 Å². The molecule has 0 aliphatic heterocycles. The first-order valence-corrected chi connectivity index (χ1v) is 6.57. The van der Waals surface area contributed by atoms with Gasteiger partial charge in [0, 0.05) is 12.1 Å². The summed E-state index contributed by atoms with van der Waals surface area (Å²) >= 11 is 0. The SMILES string of the molecule is Cc1cc(F)ccc1CCNc1cc(C)c([N+](=O)[O-])cn1. The molecule has 5 nitrogen and oxygen atoms in total. The summed E-state index contributed by atoms with van der Waals surface area (Å²) < 4.78 is 13.0. The molecule has 0 amide bonds. The van der Waals surface area contributed by atoms with Crippen molar-refractivity contribution in [1.29, 1.82) is 0 Å². The second-order valence-electron chi connectivity index (χ2n) is 4.86. The Morgan fingerprint density at radius 2 is 2.05 bits per heavy atom. The third kappa shape index (κ3) is 3.75. The van der Waals surface area contributed by atoms with E-state index in [9.17, 15) is 14.5 Å². The maximum Gasteiger partial charge on any atom is 0.290 e. The summed E-state index contributed by atoms with van der Waals surface area (Å²) in [6.45, 7) is 4.17. The van der Waals surface area contributed by atoms with Gasteiger partial charge < -0.3 is 5.32 Å². The third-order valence-corrected chi connectivity index (χ3v) is 3.28. The van der Waals surface area contributed by atoms with E-state index in [-0.39, 0.29) is 11.5 Å². The predicted octanol–water partition coefficient (Wildman–Crippen LogP) is 3.40. The van der Waals surface area contributed by atoms with Gasteiger partial charge in [0.25, 0.3) is 5.69 Å². The quantitative estimate of drug-likeness (QED) is 0.676. The molecule has 110 valence electrons. The number of hydrogen-bond donors (Lipinski definition) is 1. The molecule has 1 aromatic carbocycles. The highest BCUT2D eigenvalue weighted by atomic mass is 19.1. The van der Waals surface area contributed by atoms with Crippen LogP contribution in [0.4, 0.5) is 15.9 Å². The van der Waals surface area contributed by atoms with Crippen LogP contribution in [0.15, 0.2) is 30.5 Å². The molecule has 0 bridgehead atoms. The lowest BCUT2D eigenvalue weighted by atomic mass is 10.1. The van der Waals surface area contributed by atoms with Gasteiger partial charge in [-0.05, 0) is 49.6 Å². The van der Waals surface area contributed by atoms with Crippen molar-refractivity contribution in [2.24, 2.45) is 0 Å². The van der Waals surface area contributed by atoms with E-state index in [0.717, 1.165) is 17.5 Å². The van der Waals surface area contributed by atoms with Crippen molar-refractivity contribution in [2.45, 2.75) is 20.3 Å². The van der Waals surface area contributed by atoms with Gasteiger partial charge >= 0.3 is 0 Å². The number of aryl methyl sites for hydroxylation is 2. The topological polar surface area (TPSA) is 68.1 Å². The molecule has 0 spiro atoms. The van der Waals surface area contributed by atoms with E-state index < -0.39 is 4.92 Å². The summed E-state index contributed by atoms with van der Waals surface area (Å²) in [5, 5.41) is 13.8. The molecule has 1 N–H and O–H groups in total. The van der Waals surface area contributed by atoms with Crippen LogP contribution in [-0.4, -0.2) is 16.5 Å². The number of halogens is 1. The molecular formula is C15H16FN3O2. The van der Waals surface area contributed by atoms with E-state index in [1.54, 1.807) is 19.1 Å². The Hall–Kier alpha value is -2.50.